The van der Waals surface area contributed by atoms with E-state index in [0.29, 0.717) is 6.42 Å². The average molecular weight is 125 g/mol. The first kappa shape index (κ1) is 6.01. The molecule has 0 N–H and O–H groups in total. The molecule has 0 amide bonds. The lowest BCUT2D eigenvalue weighted by molar-refractivity contribution is -0.107. The fourth-order valence-electron chi connectivity index (χ4n) is 0.576. The minimum absolute atomic E-state index is 0.543. The Kier molecular flexibility index (Phi) is 2.01. The largest absolute Gasteiger partial charge is 0.364 e. The van der Waals surface area contributed by atoms with E-state index in [1.807, 2.05) is 0 Å². The van der Waals surface area contributed by atoms with Crippen LogP contribution in [0.1, 0.15) is 12.0 Å². The van der Waals surface area contributed by atoms with Gasteiger partial charge in [0.15, 0.2) is 0 Å². The van der Waals surface area contributed by atoms with Crippen LogP contribution in [-0.2, 0) is 11.2 Å². The fraction of sp³-hybridized carbons (Fsp3) is 0.333. The Hall–Kier alpha value is -1.12. The molecule has 1 heterocycles. The Bertz CT molecular complexity index is 169. The zero-order chi connectivity index (χ0) is 6.53. The van der Waals surface area contributed by atoms with Gasteiger partial charge in [-0.15, -0.1) is 0 Å². The van der Waals surface area contributed by atoms with Gasteiger partial charge in [0.2, 0.25) is 0 Å². The summed E-state index contributed by atoms with van der Waals surface area (Å²) in [7, 11) is 0. The molecule has 0 spiro atoms. The second-order valence-corrected chi connectivity index (χ2v) is 1.74. The molecule has 48 valence electrons. The molecule has 0 aliphatic heterocycles. The van der Waals surface area contributed by atoms with E-state index in [1.54, 1.807) is 12.5 Å². The Balaban J connectivity index is 2.38. The zero-order valence-electron chi connectivity index (χ0n) is 4.91. The normalized spacial score (nSPS) is 9.33. The fourth-order valence-corrected chi connectivity index (χ4v) is 0.576. The summed E-state index contributed by atoms with van der Waals surface area (Å²) in [5, 5.41) is 3.48. The number of carbonyl (C=O) groups is 1. The molecular weight excluding hydrogens is 118 g/mol. The van der Waals surface area contributed by atoms with E-state index in [2.05, 4.69) is 9.68 Å². The average Bonchev–Trinajstić information content (AvgIpc) is 2.34. The van der Waals surface area contributed by atoms with Crippen molar-refractivity contribution in [2.45, 2.75) is 12.8 Å². The van der Waals surface area contributed by atoms with Gasteiger partial charge in [0.05, 0.1) is 6.20 Å². The summed E-state index contributed by atoms with van der Waals surface area (Å²) in [6.45, 7) is 0. The molecule has 0 aliphatic carbocycles. The van der Waals surface area contributed by atoms with E-state index >= 15 is 0 Å². The van der Waals surface area contributed by atoms with Crippen LogP contribution in [0.4, 0.5) is 0 Å². The van der Waals surface area contributed by atoms with Crippen molar-refractivity contribution < 1.29 is 9.32 Å². The maximum absolute atomic E-state index is 9.85. The van der Waals surface area contributed by atoms with Gasteiger partial charge >= 0.3 is 0 Å². The molecule has 3 nitrogen and oxygen atoms in total. The van der Waals surface area contributed by atoms with Crippen molar-refractivity contribution in [3.05, 3.63) is 18.0 Å². The van der Waals surface area contributed by atoms with Crippen LogP contribution < -0.4 is 0 Å². The second-order valence-electron chi connectivity index (χ2n) is 1.74. The van der Waals surface area contributed by atoms with Crippen molar-refractivity contribution >= 4 is 6.29 Å². The highest BCUT2D eigenvalue weighted by Gasteiger charge is 1.92. The summed E-state index contributed by atoms with van der Waals surface area (Å²) in [6, 6.07) is 0. The number of aryl methyl sites for hydroxylation is 1. The summed E-state index contributed by atoms with van der Waals surface area (Å²) in [6.07, 6.45) is 5.31. The van der Waals surface area contributed by atoms with Crippen LogP contribution in [0.3, 0.4) is 0 Å². The van der Waals surface area contributed by atoms with Gasteiger partial charge < -0.3 is 9.32 Å². The lowest BCUT2D eigenvalue weighted by Gasteiger charge is -1.82. The van der Waals surface area contributed by atoms with Crippen LogP contribution in [0.15, 0.2) is 17.0 Å². The van der Waals surface area contributed by atoms with Crippen LogP contribution in [0.5, 0.6) is 0 Å². The summed E-state index contributed by atoms with van der Waals surface area (Å²) in [4.78, 5) is 9.85. The Morgan fingerprint density at radius 2 is 2.67 bits per heavy atom. The van der Waals surface area contributed by atoms with Crippen LogP contribution in [0.2, 0.25) is 0 Å². The SMILES string of the molecule is O=CCCc1cnoc1. The minimum atomic E-state index is 0.543. The molecule has 1 aromatic rings. The van der Waals surface area contributed by atoms with Gasteiger partial charge in [0.25, 0.3) is 0 Å². The first-order chi connectivity index (χ1) is 4.43. The number of aromatic nitrogens is 1. The number of carbonyl (C=O) groups excluding carboxylic acids is 1. The van der Waals surface area contributed by atoms with Crippen molar-refractivity contribution in [3.8, 4) is 0 Å². The maximum atomic E-state index is 9.85. The topological polar surface area (TPSA) is 43.1 Å². The zero-order valence-corrected chi connectivity index (χ0v) is 4.91. The second kappa shape index (κ2) is 3.02. The number of aldehydes is 1. The smallest absolute Gasteiger partial charge is 0.126 e. The van der Waals surface area contributed by atoms with Gasteiger partial charge in [-0.05, 0) is 6.42 Å². The molecule has 3 heteroatoms. The molecule has 0 fully saturated rings. The van der Waals surface area contributed by atoms with Gasteiger partial charge in [-0.25, -0.2) is 0 Å². The summed E-state index contributed by atoms with van der Waals surface area (Å²) in [5.74, 6) is 0. The maximum Gasteiger partial charge on any atom is 0.126 e. The standard InChI is InChI=1S/C6H7NO2/c8-3-1-2-6-4-7-9-5-6/h3-5H,1-2H2. The Labute approximate surface area is 52.7 Å². The third-order valence-corrected chi connectivity index (χ3v) is 1.03. The van der Waals surface area contributed by atoms with Crippen LogP contribution >= 0.6 is 0 Å². The summed E-state index contributed by atoms with van der Waals surface area (Å²) in [5.41, 5.74) is 0.974. The predicted octanol–water partition coefficient (Wildman–Crippen LogP) is 0.806. The van der Waals surface area contributed by atoms with Crippen molar-refractivity contribution in [1.82, 2.24) is 5.16 Å². The monoisotopic (exact) mass is 125 g/mol. The molecule has 0 atom stereocenters. The first-order valence-corrected chi connectivity index (χ1v) is 2.75. The molecule has 0 unspecified atom stereocenters. The van der Waals surface area contributed by atoms with Gasteiger partial charge in [-0.2, -0.15) is 0 Å². The van der Waals surface area contributed by atoms with E-state index in [9.17, 15) is 4.79 Å². The molecule has 0 radical (unpaired) electrons. The van der Waals surface area contributed by atoms with E-state index in [-0.39, 0.29) is 0 Å². The highest BCUT2D eigenvalue weighted by atomic mass is 16.5. The number of hydrogen-bond acceptors (Lipinski definition) is 3. The predicted molar refractivity (Wildman–Crippen MR) is 30.9 cm³/mol. The molecule has 1 rings (SSSR count). The quantitative estimate of drug-likeness (QED) is 0.561. The highest BCUT2D eigenvalue weighted by Crippen LogP contribution is 1.98. The van der Waals surface area contributed by atoms with Crippen molar-refractivity contribution in [1.29, 1.82) is 0 Å². The van der Waals surface area contributed by atoms with E-state index < -0.39 is 0 Å². The minimum Gasteiger partial charge on any atom is -0.364 e. The number of rotatable bonds is 3. The number of nitrogens with zero attached hydrogens (tertiary/aromatic N) is 1. The van der Waals surface area contributed by atoms with Gasteiger partial charge in [0, 0.05) is 12.0 Å². The van der Waals surface area contributed by atoms with Gasteiger partial charge in [0.1, 0.15) is 12.5 Å². The molecule has 0 bridgehead atoms. The highest BCUT2D eigenvalue weighted by molar-refractivity contribution is 5.49. The van der Waals surface area contributed by atoms with Crippen molar-refractivity contribution in [2.75, 3.05) is 0 Å². The third-order valence-electron chi connectivity index (χ3n) is 1.03. The van der Waals surface area contributed by atoms with E-state index in [0.717, 1.165) is 18.3 Å². The molecule has 0 aromatic carbocycles. The Morgan fingerprint density at radius 1 is 1.78 bits per heavy atom. The van der Waals surface area contributed by atoms with Gasteiger partial charge in [-0.3, -0.25) is 0 Å². The number of hydrogen-bond donors (Lipinski definition) is 0. The molecule has 0 saturated carbocycles. The van der Waals surface area contributed by atoms with Crippen molar-refractivity contribution in [2.24, 2.45) is 0 Å². The first-order valence-electron chi connectivity index (χ1n) is 2.75. The lowest BCUT2D eigenvalue weighted by Crippen LogP contribution is -1.80. The lowest BCUT2D eigenvalue weighted by atomic mass is 10.2. The third kappa shape index (κ3) is 1.68. The van der Waals surface area contributed by atoms with Crippen molar-refractivity contribution in [3.63, 3.8) is 0 Å². The summed E-state index contributed by atoms with van der Waals surface area (Å²) >= 11 is 0. The molecule has 1 aromatic heterocycles. The van der Waals surface area contributed by atoms with E-state index in [4.69, 9.17) is 0 Å². The van der Waals surface area contributed by atoms with Crippen LogP contribution in [0.25, 0.3) is 0 Å². The Morgan fingerprint density at radius 3 is 3.22 bits per heavy atom. The molecule has 0 saturated heterocycles. The molecular formula is C6H7NO2. The van der Waals surface area contributed by atoms with Crippen LogP contribution in [-0.4, -0.2) is 11.4 Å². The molecule has 9 heavy (non-hydrogen) atoms. The summed E-state index contributed by atoms with van der Waals surface area (Å²) < 4.78 is 4.55. The molecule has 0 aliphatic rings. The van der Waals surface area contributed by atoms with Gasteiger partial charge in [-0.1, -0.05) is 5.16 Å². The van der Waals surface area contributed by atoms with E-state index in [1.165, 1.54) is 0 Å². The van der Waals surface area contributed by atoms with Crippen LogP contribution in [0, 0.1) is 0 Å².